The van der Waals surface area contributed by atoms with Gasteiger partial charge >= 0.3 is 0 Å². The Morgan fingerprint density at radius 3 is 2.57 bits per heavy atom. The van der Waals surface area contributed by atoms with Crippen molar-refractivity contribution in [1.82, 2.24) is 0 Å². The van der Waals surface area contributed by atoms with Crippen LogP contribution in [0.5, 0.6) is 11.5 Å². The molecule has 0 bridgehead atoms. The van der Waals surface area contributed by atoms with Gasteiger partial charge < -0.3 is 15.2 Å². The number of ether oxygens (including phenoxy) is 2. The summed E-state index contributed by atoms with van der Waals surface area (Å²) in [6.45, 7) is 0.350. The first kappa shape index (κ1) is 21.7. The van der Waals surface area contributed by atoms with Gasteiger partial charge in [-0.15, -0.1) is 5.10 Å². The zero-order chi connectivity index (χ0) is 21.2. The predicted octanol–water partition coefficient (Wildman–Crippen LogP) is 5.51. The number of nitrogens with two attached hydrogens (primary N) is 1. The molecule has 0 aromatic heterocycles. The Labute approximate surface area is 185 Å². The zero-order valence-corrected chi connectivity index (χ0v) is 18.1. The third-order valence-electron chi connectivity index (χ3n) is 4.12. The van der Waals surface area contributed by atoms with Gasteiger partial charge in [0.25, 0.3) is 0 Å². The Morgan fingerprint density at radius 2 is 1.80 bits per heavy atom. The van der Waals surface area contributed by atoms with Crippen molar-refractivity contribution < 1.29 is 9.47 Å². The molecule has 5 nitrogen and oxygen atoms in total. The molecular formula is C23H22ClN3O2S. The molecule has 154 valence electrons. The molecular weight excluding hydrogens is 418 g/mol. The van der Waals surface area contributed by atoms with Crippen LogP contribution in [0.4, 0.5) is 0 Å². The first-order valence-electron chi connectivity index (χ1n) is 9.23. The number of rotatable bonds is 8. The van der Waals surface area contributed by atoms with Crippen LogP contribution in [0.3, 0.4) is 0 Å². The van der Waals surface area contributed by atoms with Crippen LogP contribution in [0.1, 0.15) is 16.7 Å². The van der Waals surface area contributed by atoms with Crippen LogP contribution in [-0.2, 0) is 12.4 Å². The number of thioether (sulfide) groups is 1. The molecule has 0 saturated heterocycles. The summed E-state index contributed by atoms with van der Waals surface area (Å²) in [5, 5.41) is 9.18. The van der Waals surface area contributed by atoms with Crippen molar-refractivity contribution in [3.8, 4) is 11.5 Å². The third kappa shape index (κ3) is 6.54. The van der Waals surface area contributed by atoms with Gasteiger partial charge in [-0.25, -0.2) is 0 Å². The second-order valence-electron chi connectivity index (χ2n) is 6.25. The molecule has 0 aliphatic carbocycles. The smallest absolute Gasteiger partial charge is 0.180 e. The molecule has 0 unspecified atom stereocenters. The van der Waals surface area contributed by atoms with Gasteiger partial charge in [0.15, 0.2) is 16.7 Å². The van der Waals surface area contributed by atoms with Crippen molar-refractivity contribution in [2.45, 2.75) is 12.4 Å². The molecule has 0 fully saturated rings. The highest BCUT2D eigenvalue weighted by Gasteiger charge is 2.07. The largest absolute Gasteiger partial charge is 0.493 e. The molecule has 0 amide bonds. The van der Waals surface area contributed by atoms with Crippen molar-refractivity contribution in [3.05, 3.63) is 94.5 Å². The lowest BCUT2D eigenvalue weighted by Gasteiger charge is -2.12. The maximum Gasteiger partial charge on any atom is 0.180 e. The Morgan fingerprint density at radius 1 is 1.03 bits per heavy atom. The molecule has 0 aliphatic heterocycles. The summed E-state index contributed by atoms with van der Waals surface area (Å²) < 4.78 is 11.3. The molecule has 3 aromatic carbocycles. The Kier molecular flexibility index (Phi) is 8.18. The monoisotopic (exact) mass is 439 g/mol. The molecule has 2 N–H and O–H groups in total. The van der Waals surface area contributed by atoms with Gasteiger partial charge in [-0.05, 0) is 35.4 Å². The van der Waals surface area contributed by atoms with Gasteiger partial charge in [-0.3, -0.25) is 0 Å². The summed E-state index contributed by atoms with van der Waals surface area (Å²) in [6.07, 6.45) is 1.62. The molecule has 0 heterocycles. The van der Waals surface area contributed by atoms with E-state index in [0.717, 1.165) is 16.9 Å². The van der Waals surface area contributed by atoms with E-state index < -0.39 is 0 Å². The summed E-state index contributed by atoms with van der Waals surface area (Å²) >= 11 is 7.62. The van der Waals surface area contributed by atoms with Gasteiger partial charge in [0, 0.05) is 16.3 Å². The molecule has 7 heteroatoms. The summed E-state index contributed by atoms with van der Waals surface area (Å²) in [7, 11) is 1.59. The molecule has 0 spiro atoms. The highest BCUT2D eigenvalue weighted by atomic mass is 35.5. The van der Waals surface area contributed by atoms with E-state index in [1.165, 1.54) is 17.3 Å². The van der Waals surface area contributed by atoms with Crippen LogP contribution < -0.4 is 15.2 Å². The zero-order valence-electron chi connectivity index (χ0n) is 16.5. The van der Waals surface area contributed by atoms with Gasteiger partial charge in [0.1, 0.15) is 6.61 Å². The molecule has 0 atom stereocenters. The second-order valence-corrected chi connectivity index (χ2v) is 7.65. The fraction of sp³-hybridized carbons (Fsp3) is 0.130. The first-order chi connectivity index (χ1) is 14.7. The summed E-state index contributed by atoms with van der Waals surface area (Å²) in [6, 6.07) is 23.2. The minimum atomic E-state index is 0.350. The molecule has 0 saturated carbocycles. The first-order valence-corrected chi connectivity index (χ1v) is 10.6. The minimum absolute atomic E-state index is 0.350. The lowest BCUT2D eigenvalue weighted by molar-refractivity contribution is 0.284. The Balaban J connectivity index is 1.59. The van der Waals surface area contributed by atoms with Crippen LogP contribution in [0, 0.1) is 0 Å². The molecule has 30 heavy (non-hydrogen) atoms. The minimum Gasteiger partial charge on any atom is -0.493 e. The van der Waals surface area contributed by atoms with Crippen LogP contribution in [0.25, 0.3) is 0 Å². The van der Waals surface area contributed by atoms with Gasteiger partial charge in [-0.2, -0.15) is 5.10 Å². The van der Waals surface area contributed by atoms with Gasteiger partial charge in [0.05, 0.1) is 13.3 Å². The van der Waals surface area contributed by atoms with E-state index in [1.54, 1.807) is 13.3 Å². The number of hydrogen-bond donors (Lipinski definition) is 1. The predicted molar refractivity (Wildman–Crippen MR) is 126 cm³/mol. The second kappa shape index (κ2) is 11.3. The molecule has 3 aromatic rings. The summed E-state index contributed by atoms with van der Waals surface area (Å²) in [5.74, 6) is 1.97. The van der Waals surface area contributed by atoms with E-state index in [0.29, 0.717) is 28.3 Å². The number of methoxy groups -OCH3 is 1. The lowest BCUT2D eigenvalue weighted by Crippen LogP contribution is -2.06. The topological polar surface area (TPSA) is 69.2 Å². The van der Waals surface area contributed by atoms with Gasteiger partial charge in [0.2, 0.25) is 0 Å². The van der Waals surface area contributed by atoms with Gasteiger partial charge in [-0.1, -0.05) is 71.9 Å². The van der Waals surface area contributed by atoms with Crippen LogP contribution in [0.15, 0.2) is 83.0 Å². The fourth-order valence-electron chi connectivity index (χ4n) is 2.57. The van der Waals surface area contributed by atoms with Crippen molar-refractivity contribution >= 4 is 34.7 Å². The normalized spacial score (nSPS) is 11.6. The van der Waals surface area contributed by atoms with E-state index in [2.05, 4.69) is 10.2 Å². The highest BCUT2D eigenvalue weighted by Crippen LogP contribution is 2.29. The maximum atomic E-state index is 6.18. The Bertz CT molecular complexity index is 1030. The van der Waals surface area contributed by atoms with Crippen LogP contribution in [-0.4, -0.2) is 18.5 Å². The van der Waals surface area contributed by atoms with E-state index in [4.69, 9.17) is 26.8 Å². The lowest BCUT2D eigenvalue weighted by atomic mass is 10.2. The average Bonchev–Trinajstić information content (AvgIpc) is 2.78. The van der Waals surface area contributed by atoms with E-state index in [9.17, 15) is 0 Å². The van der Waals surface area contributed by atoms with Crippen LogP contribution >= 0.6 is 23.4 Å². The fourth-order valence-corrected chi connectivity index (χ4v) is 3.37. The SMILES string of the molecule is COc1cc(C=NN=C(N)SCc2ccccc2)ccc1OCc1ccccc1Cl. The highest BCUT2D eigenvalue weighted by molar-refractivity contribution is 8.13. The third-order valence-corrected chi connectivity index (χ3v) is 5.35. The quantitative estimate of drug-likeness (QED) is 0.285. The Hall–Kier alpha value is -2.96. The van der Waals surface area contributed by atoms with Crippen molar-refractivity contribution in [3.63, 3.8) is 0 Å². The van der Waals surface area contributed by atoms with Crippen LogP contribution in [0.2, 0.25) is 5.02 Å². The van der Waals surface area contributed by atoms with E-state index in [-0.39, 0.29) is 0 Å². The molecule has 0 aliphatic rings. The number of benzene rings is 3. The number of nitrogens with zero attached hydrogens (tertiary/aromatic N) is 2. The van der Waals surface area contributed by atoms with Crippen molar-refractivity contribution in [1.29, 1.82) is 0 Å². The number of amidine groups is 1. The average molecular weight is 440 g/mol. The number of halogens is 1. The summed E-state index contributed by atoms with van der Waals surface area (Å²) in [5.41, 5.74) is 8.83. The molecule has 0 radical (unpaired) electrons. The van der Waals surface area contributed by atoms with Crippen molar-refractivity contribution in [2.24, 2.45) is 15.9 Å². The van der Waals surface area contributed by atoms with E-state index >= 15 is 0 Å². The van der Waals surface area contributed by atoms with Crippen molar-refractivity contribution in [2.75, 3.05) is 7.11 Å². The number of hydrogen-bond acceptors (Lipinski definition) is 5. The standard InChI is InChI=1S/C23H22ClN3O2S/c1-28-22-13-18(11-12-21(22)29-15-19-9-5-6-10-20(19)24)14-26-27-23(25)30-16-17-7-3-2-4-8-17/h2-14H,15-16H2,1H3,(H2,25,27). The van der Waals surface area contributed by atoms with E-state index in [1.807, 2.05) is 72.8 Å². The molecule has 3 rings (SSSR count). The maximum absolute atomic E-state index is 6.18. The summed E-state index contributed by atoms with van der Waals surface area (Å²) in [4.78, 5) is 0.